The number of rotatable bonds is 3. The summed E-state index contributed by atoms with van der Waals surface area (Å²) in [6.45, 7) is 0.815. The van der Waals surface area contributed by atoms with Gasteiger partial charge in [0.25, 0.3) is 0 Å². The van der Waals surface area contributed by atoms with E-state index < -0.39 is 0 Å². The lowest BCUT2D eigenvalue weighted by Crippen LogP contribution is -2.30. The van der Waals surface area contributed by atoms with E-state index in [0.29, 0.717) is 18.1 Å². The van der Waals surface area contributed by atoms with Crippen molar-refractivity contribution < 1.29 is 4.74 Å². The van der Waals surface area contributed by atoms with E-state index in [9.17, 15) is 0 Å². The number of aromatic nitrogens is 3. The van der Waals surface area contributed by atoms with Crippen LogP contribution in [0, 0.1) is 0 Å². The fourth-order valence-electron chi connectivity index (χ4n) is 4.62. The van der Waals surface area contributed by atoms with Gasteiger partial charge in [-0.15, -0.1) is 10.2 Å². The first-order valence-electron chi connectivity index (χ1n) is 10.2. The van der Waals surface area contributed by atoms with Crippen molar-refractivity contribution in [3.63, 3.8) is 0 Å². The number of nitrogens with zero attached hydrogens (tertiary/aromatic N) is 4. The van der Waals surface area contributed by atoms with Gasteiger partial charge in [0.1, 0.15) is 11.3 Å². The SMILES string of the molecule is CN1Cc2ccccc2-n2c(C3CCC(OC4CCC4)CC3)nnc2C1Cl. The van der Waals surface area contributed by atoms with Crippen molar-refractivity contribution in [3.05, 3.63) is 41.5 Å². The standard InChI is InChI=1S/C21H27ClN4O/c1-25-13-15-5-2-3-8-18(15)26-20(23-24-21(26)19(25)22)14-9-11-17(12-10-14)27-16-6-4-7-16/h2-3,5,8,14,16-17,19H,4,6-7,9-13H2,1H3. The highest BCUT2D eigenvalue weighted by atomic mass is 35.5. The van der Waals surface area contributed by atoms with Crippen LogP contribution in [-0.4, -0.2) is 38.9 Å². The molecule has 0 saturated heterocycles. The Morgan fingerprint density at radius 2 is 1.67 bits per heavy atom. The molecule has 0 spiro atoms. The molecule has 0 amide bonds. The first-order chi connectivity index (χ1) is 13.2. The fraction of sp³-hybridized carbons (Fsp3) is 0.619. The van der Waals surface area contributed by atoms with E-state index in [2.05, 4.69) is 43.9 Å². The minimum absolute atomic E-state index is 0.267. The van der Waals surface area contributed by atoms with Gasteiger partial charge in [0.05, 0.1) is 17.9 Å². The van der Waals surface area contributed by atoms with Gasteiger partial charge in [-0.1, -0.05) is 29.8 Å². The van der Waals surface area contributed by atoms with Gasteiger partial charge in [0.15, 0.2) is 5.82 Å². The van der Waals surface area contributed by atoms with E-state index >= 15 is 0 Å². The van der Waals surface area contributed by atoms with Crippen LogP contribution in [0.5, 0.6) is 0 Å². The molecule has 1 aromatic heterocycles. The number of ether oxygens (including phenoxy) is 1. The molecule has 144 valence electrons. The van der Waals surface area contributed by atoms with Crippen LogP contribution in [0.3, 0.4) is 0 Å². The molecule has 0 radical (unpaired) electrons. The van der Waals surface area contributed by atoms with Crippen LogP contribution in [0.15, 0.2) is 24.3 Å². The molecule has 0 N–H and O–H groups in total. The maximum atomic E-state index is 6.73. The average Bonchev–Trinajstić information content (AvgIpc) is 3.05. The highest BCUT2D eigenvalue weighted by molar-refractivity contribution is 6.20. The number of benzene rings is 1. The molecule has 2 aliphatic carbocycles. The average molecular weight is 387 g/mol. The van der Waals surface area contributed by atoms with Crippen molar-refractivity contribution in [1.29, 1.82) is 0 Å². The highest BCUT2D eigenvalue weighted by Crippen LogP contribution is 2.39. The van der Waals surface area contributed by atoms with E-state index in [0.717, 1.165) is 43.9 Å². The van der Waals surface area contributed by atoms with Gasteiger partial charge in [-0.25, -0.2) is 0 Å². The lowest BCUT2D eigenvalue weighted by molar-refractivity contribution is -0.0666. The van der Waals surface area contributed by atoms with Crippen LogP contribution in [0.2, 0.25) is 0 Å². The Morgan fingerprint density at radius 3 is 2.41 bits per heavy atom. The van der Waals surface area contributed by atoms with E-state index in [1.807, 2.05) is 7.05 Å². The second-order valence-corrected chi connectivity index (χ2v) is 8.71. The molecular formula is C21H27ClN4O. The third-order valence-electron chi connectivity index (χ3n) is 6.44. The van der Waals surface area contributed by atoms with Crippen molar-refractivity contribution >= 4 is 11.6 Å². The Labute approximate surface area is 165 Å². The largest absolute Gasteiger partial charge is 0.375 e. The maximum Gasteiger partial charge on any atom is 0.170 e. The monoisotopic (exact) mass is 386 g/mol. The molecule has 2 fully saturated rings. The molecule has 2 heterocycles. The van der Waals surface area contributed by atoms with Crippen molar-refractivity contribution in [2.75, 3.05) is 7.05 Å². The Morgan fingerprint density at radius 1 is 0.963 bits per heavy atom. The Balaban J connectivity index is 1.42. The molecule has 5 nitrogen and oxygen atoms in total. The topological polar surface area (TPSA) is 43.2 Å². The lowest BCUT2D eigenvalue weighted by atomic mass is 9.86. The summed E-state index contributed by atoms with van der Waals surface area (Å²) in [6, 6.07) is 8.52. The first kappa shape index (κ1) is 17.7. The van der Waals surface area contributed by atoms with Gasteiger partial charge in [-0.3, -0.25) is 9.47 Å². The summed E-state index contributed by atoms with van der Waals surface area (Å²) in [5.41, 5.74) is 2.18. The zero-order valence-corrected chi connectivity index (χ0v) is 16.6. The molecular weight excluding hydrogens is 360 g/mol. The van der Waals surface area contributed by atoms with Gasteiger partial charge in [-0.05, 0) is 63.6 Å². The number of hydrogen-bond acceptors (Lipinski definition) is 4. The second kappa shape index (κ2) is 7.19. The van der Waals surface area contributed by atoms with Gasteiger partial charge in [-0.2, -0.15) is 0 Å². The van der Waals surface area contributed by atoms with Crippen molar-refractivity contribution in [1.82, 2.24) is 19.7 Å². The molecule has 0 bridgehead atoms. The van der Waals surface area contributed by atoms with Crippen LogP contribution in [0.25, 0.3) is 5.69 Å². The summed E-state index contributed by atoms with van der Waals surface area (Å²) in [6.07, 6.45) is 9.25. The van der Waals surface area contributed by atoms with E-state index in [1.165, 1.54) is 30.5 Å². The highest BCUT2D eigenvalue weighted by Gasteiger charge is 2.34. The van der Waals surface area contributed by atoms with Gasteiger partial charge in [0, 0.05) is 12.5 Å². The Bertz CT molecular complexity index is 810. The summed E-state index contributed by atoms with van der Waals surface area (Å²) in [5.74, 6) is 2.33. The Kier molecular flexibility index (Phi) is 4.70. The summed E-state index contributed by atoms with van der Waals surface area (Å²) < 4.78 is 8.47. The van der Waals surface area contributed by atoms with Crippen molar-refractivity contribution in [2.45, 2.75) is 75.1 Å². The summed E-state index contributed by atoms with van der Waals surface area (Å²) in [5, 5.41) is 9.14. The number of hydrogen-bond donors (Lipinski definition) is 0. The second-order valence-electron chi connectivity index (χ2n) is 8.29. The van der Waals surface area contributed by atoms with E-state index in [4.69, 9.17) is 16.3 Å². The van der Waals surface area contributed by atoms with E-state index in [1.54, 1.807) is 0 Å². The molecule has 5 rings (SSSR count). The molecule has 3 aliphatic rings. The quantitative estimate of drug-likeness (QED) is 0.573. The predicted octanol–water partition coefficient (Wildman–Crippen LogP) is 4.55. The zero-order chi connectivity index (χ0) is 18.4. The molecule has 1 atom stereocenters. The van der Waals surface area contributed by atoms with Crippen LogP contribution in [-0.2, 0) is 11.3 Å². The van der Waals surface area contributed by atoms with Crippen LogP contribution in [0.1, 0.15) is 73.6 Å². The minimum Gasteiger partial charge on any atom is -0.375 e. The molecule has 27 heavy (non-hydrogen) atoms. The fourth-order valence-corrected chi connectivity index (χ4v) is 4.83. The summed E-state index contributed by atoms with van der Waals surface area (Å²) in [7, 11) is 2.04. The van der Waals surface area contributed by atoms with Gasteiger partial charge >= 0.3 is 0 Å². The molecule has 6 heteroatoms. The normalized spacial score (nSPS) is 28.9. The van der Waals surface area contributed by atoms with Gasteiger partial charge < -0.3 is 4.74 Å². The third-order valence-corrected chi connectivity index (χ3v) is 6.97. The predicted molar refractivity (Wildman–Crippen MR) is 105 cm³/mol. The van der Waals surface area contributed by atoms with Crippen LogP contribution >= 0.6 is 11.6 Å². The first-order valence-corrected chi connectivity index (χ1v) is 10.7. The lowest BCUT2D eigenvalue weighted by Gasteiger charge is -2.34. The molecule has 1 aromatic carbocycles. The molecule has 2 saturated carbocycles. The molecule has 1 unspecified atom stereocenters. The van der Waals surface area contributed by atoms with Crippen LogP contribution in [0.4, 0.5) is 0 Å². The van der Waals surface area contributed by atoms with E-state index in [-0.39, 0.29) is 5.50 Å². The maximum absolute atomic E-state index is 6.73. The molecule has 2 aromatic rings. The number of alkyl halides is 1. The Hall–Kier alpha value is -1.43. The summed E-state index contributed by atoms with van der Waals surface area (Å²) in [4.78, 5) is 2.13. The van der Waals surface area contributed by atoms with Crippen LogP contribution < -0.4 is 0 Å². The third kappa shape index (κ3) is 3.20. The van der Waals surface area contributed by atoms with Gasteiger partial charge in [0.2, 0.25) is 0 Å². The zero-order valence-electron chi connectivity index (χ0n) is 15.9. The minimum atomic E-state index is -0.267. The number of para-hydroxylation sites is 1. The van der Waals surface area contributed by atoms with Crippen molar-refractivity contribution in [2.24, 2.45) is 0 Å². The summed E-state index contributed by atoms with van der Waals surface area (Å²) >= 11 is 6.73. The smallest absolute Gasteiger partial charge is 0.170 e. The molecule has 1 aliphatic heterocycles. The number of halogens is 1. The number of fused-ring (bicyclic) bond motifs is 3. The van der Waals surface area contributed by atoms with Crippen molar-refractivity contribution in [3.8, 4) is 5.69 Å².